The van der Waals surface area contributed by atoms with E-state index in [4.69, 9.17) is 9.84 Å². The molecule has 1 heterocycles. The third-order valence-corrected chi connectivity index (χ3v) is 5.04. The Hall–Kier alpha value is -2.22. The van der Waals surface area contributed by atoms with E-state index < -0.39 is 5.97 Å². The molecule has 26 heavy (non-hydrogen) atoms. The zero-order valence-electron chi connectivity index (χ0n) is 14.6. The summed E-state index contributed by atoms with van der Waals surface area (Å²) in [5.74, 6) is 0.239. The standard InChI is InChI=1S/C18H24N2O5S/c21-16(12-25-15-4-2-1-3-5-15)20-9-6-14(7-10-20)18(24)19-8-11-26-13-17(22)23/h1-5,14H,6-13H2,(H,19,24)(H,22,23). The van der Waals surface area contributed by atoms with Crippen molar-refractivity contribution >= 4 is 29.5 Å². The van der Waals surface area contributed by atoms with Crippen LogP contribution in [0.1, 0.15) is 12.8 Å². The fourth-order valence-electron chi connectivity index (χ4n) is 2.69. The highest BCUT2D eigenvalue weighted by Crippen LogP contribution is 2.18. The molecular weight excluding hydrogens is 356 g/mol. The van der Waals surface area contributed by atoms with Crippen molar-refractivity contribution in [3.05, 3.63) is 30.3 Å². The smallest absolute Gasteiger partial charge is 0.313 e. The number of piperidine rings is 1. The van der Waals surface area contributed by atoms with Gasteiger partial charge in [0, 0.05) is 31.3 Å². The summed E-state index contributed by atoms with van der Waals surface area (Å²) in [4.78, 5) is 36.5. The highest BCUT2D eigenvalue weighted by atomic mass is 32.2. The Kier molecular flexibility index (Phi) is 8.27. The van der Waals surface area contributed by atoms with Crippen molar-refractivity contribution in [1.29, 1.82) is 0 Å². The molecule has 2 rings (SSSR count). The lowest BCUT2D eigenvalue weighted by atomic mass is 9.96. The predicted octanol–water partition coefficient (Wildman–Crippen LogP) is 1.24. The molecule has 1 saturated heterocycles. The number of benzene rings is 1. The average molecular weight is 380 g/mol. The quantitative estimate of drug-likeness (QED) is 0.626. The molecule has 0 spiro atoms. The molecule has 2 N–H and O–H groups in total. The van der Waals surface area contributed by atoms with Crippen LogP contribution in [0.3, 0.4) is 0 Å². The van der Waals surface area contributed by atoms with E-state index in [1.807, 2.05) is 18.2 Å². The van der Waals surface area contributed by atoms with Gasteiger partial charge in [-0.15, -0.1) is 11.8 Å². The van der Waals surface area contributed by atoms with E-state index in [9.17, 15) is 14.4 Å². The first-order valence-electron chi connectivity index (χ1n) is 8.59. The summed E-state index contributed by atoms with van der Waals surface area (Å²) in [6.07, 6.45) is 1.26. The molecule has 0 unspecified atom stereocenters. The van der Waals surface area contributed by atoms with Gasteiger partial charge in [-0.05, 0) is 25.0 Å². The topological polar surface area (TPSA) is 95.9 Å². The summed E-state index contributed by atoms with van der Waals surface area (Å²) in [5.41, 5.74) is 0. The summed E-state index contributed by atoms with van der Waals surface area (Å²) >= 11 is 1.28. The predicted molar refractivity (Wildman–Crippen MR) is 99.2 cm³/mol. The van der Waals surface area contributed by atoms with Crippen molar-refractivity contribution in [3.8, 4) is 5.75 Å². The molecule has 0 aliphatic carbocycles. The fraction of sp³-hybridized carbons (Fsp3) is 0.500. The van der Waals surface area contributed by atoms with E-state index in [1.165, 1.54) is 11.8 Å². The number of hydrogen-bond donors (Lipinski definition) is 2. The van der Waals surface area contributed by atoms with Crippen molar-refractivity contribution in [2.75, 3.05) is 37.7 Å². The van der Waals surface area contributed by atoms with Crippen molar-refractivity contribution in [2.45, 2.75) is 12.8 Å². The zero-order valence-corrected chi connectivity index (χ0v) is 15.4. The number of thioether (sulfide) groups is 1. The lowest BCUT2D eigenvalue weighted by molar-refractivity contribution is -0.137. The molecule has 0 radical (unpaired) electrons. The number of aliphatic carboxylic acids is 1. The summed E-state index contributed by atoms with van der Waals surface area (Å²) < 4.78 is 5.47. The third kappa shape index (κ3) is 6.95. The number of nitrogens with zero attached hydrogens (tertiary/aromatic N) is 1. The Morgan fingerprint density at radius 3 is 2.54 bits per heavy atom. The molecule has 0 bridgehead atoms. The molecule has 0 atom stereocenters. The molecule has 1 fully saturated rings. The summed E-state index contributed by atoms with van der Waals surface area (Å²) in [6.45, 7) is 1.55. The molecule has 1 aromatic rings. The van der Waals surface area contributed by atoms with E-state index in [0.29, 0.717) is 44.0 Å². The van der Waals surface area contributed by atoms with E-state index in [0.717, 1.165) is 0 Å². The number of hydrogen-bond acceptors (Lipinski definition) is 5. The van der Waals surface area contributed by atoms with E-state index in [1.54, 1.807) is 17.0 Å². The zero-order chi connectivity index (χ0) is 18.8. The maximum absolute atomic E-state index is 12.2. The number of carboxylic acids is 1. The van der Waals surface area contributed by atoms with Gasteiger partial charge >= 0.3 is 5.97 Å². The molecule has 0 aromatic heterocycles. The SMILES string of the molecule is O=C(O)CSCCNC(=O)C1CCN(C(=O)COc2ccccc2)CC1. The second kappa shape index (κ2) is 10.7. The second-order valence-electron chi connectivity index (χ2n) is 5.99. The van der Waals surface area contributed by atoms with Gasteiger partial charge in [-0.25, -0.2) is 0 Å². The number of rotatable bonds is 9. The van der Waals surface area contributed by atoms with Crippen molar-refractivity contribution in [3.63, 3.8) is 0 Å². The van der Waals surface area contributed by atoms with Crippen LogP contribution in [0.5, 0.6) is 5.75 Å². The van der Waals surface area contributed by atoms with E-state index in [-0.39, 0.29) is 30.1 Å². The van der Waals surface area contributed by atoms with Crippen LogP contribution in [-0.4, -0.2) is 65.5 Å². The molecule has 2 amide bonds. The maximum Gasteiger partial charge on any atom is 0.313 e. The van der Waals surface area contributed by atoms with Crippen molar-refractivity contribution < 1.29 is 24.2 Å². The number of ether oxygens (including phenoxy) is 1. The van der Waals surface area contributed by atoms with E-state index >= 15 is 0 Å². The number of carbonyl (C=O) groups excluding carboxylic acids is 2. The maximum atomic E-state index is 12.2. The summed E-state index contributed by atoms with van der Waals surface area (Å²) in [6, 6.07) is 9.20. The molecular formula is C18H24N2O5S. The molecule has 0 saturated carbocycles. The first-order valence-corrected chi connectivity index (χ1v) is 9.74. The number of nitrogens with one attached hydrogen (secondary N) is 1. The lowest BCUT2D eigenvalue weighted by Crippen LogP contribution is -2.44. The van der Waals surface area contributed by atoms with Crippen LogP contribution in [0, 0.1) is 5.92 Å². The number of para-hydroxylation sites is 1. The Labute approximate surface area is 157 Å². The Morgan fingerprint density at radius 1 is 1.19 bits per heavy atom. The monoisotopic (exact) mass is 380 g/mol. The van der Waals surface area contributed by atoms with Gasteiger partial charge in [-0.1, -0.05) is 18.2 Å². The minimum Gasteiger partial charge on any atom is -0.484 e. The highest BCUT2D eigenvalue weighted by Gasteiger charge is 2.27. The molecule has 7 nitrogen and oxygen atoms in total. The van der Waals surface area contributed by atoms with Gasteiger partial charge < -0.3 is 20.1 Å². The summed E-state index contributed by atoms with van der Waals surface area (Å²) in [5, 5.41) is 11.4. The molecule has 1 aromatic carbocycles. The lowest BCUT2D eigenvalue weighted by Gasteiger charge is -2.31. The Bertz CT molecular complexity index is 603. The van der Waals surface area contributed by atoms with Gasteiger partial charge in [-0.2, -0.15) is 0 Å². The van der Waals surface area contributed by atoms with Crippen LogP contribution in [0.25, 0.3) is 0 Å². The van der Waals surface area contributed by atoms with Gasteiger partial charge in [0.15, 0.2) is 6.61 Å². The third-order valence-electron chi connectivity index (χ3n) is 4.10. The van der Waals surface area contributed by atoms with Gasteiger partial charge in [0.1, 0.15) is 5.75 Å². The fourth-order valence-corrected chi connectivity index (χ4v) is 3.26. The van der Waals surface area contributed by atoms with Crippen LogP contribution in [-0.2, 0) is 14.4 Å². The second-order valence-corrected chi connectivity index (χ2v) is 7.10. The van der Waals surface area contributed by atoms with Crippen LogP contribution in [0.4, 0.5) is 0 Å². The first-order chi connectivity index (χ1) is 12.6. The van der Waals surface area contributed by atoms with Crippen LogP contribution in [0.2, 0.25) is 0 Å². The Balaban J connectivity index is 1.62. The molecule has 142 valence electrons. The molecule has 8 heteroatoms. The van der Waals surface area contributed by atoms with Crippen LogP contribution in [0.15, 0.2) is 30.3 Å². The molecule has 1 aliphatic heterocycles. The number of carbonyl (C=O) groups is 3. The van der Waals surface area contributed by atoms with Gasteiger partial charge in [-0.3, -0.25) is 14.4 Å². The number of likely N-dealkylation sites (tertiary alicyclic amines) is 1. The van der Waals surface area contributed by atoms with Crippen molar-refractivity contribution in [1.82, 2.24) is 10.2 Å². The van der Waals surface area contributed by atoms with Crippen LogP contribution < -0.4 is 10.1 Å². The molecule has 1 aliphatic rings. The van der Waals surface area contributed by atoms with Gasteiger partial charge in [0.25, 0.3) is 5.91 Å². The minimum atomic E-state index is -0.852. The average Bonchev–Trinajstić information content (AvgIpc) is 2.66. The normalized spacial score (nSPS) is 14.7. The van der Waals surface area contributed by atoms with Crippen LogP contribution >= 0.6 is 11.8 Å². The highest BCUT2D eigenvalue weighted by molar-refractivity contribution is 7.99. The minimum absolute atomic E-state index is 0.00166. The van der Waals surface area contributed by atoms with Gasteiger partial charge in [0.05, 0.1) is 5.75 Å². The number of carboxylic acid groups (broad SMARTS) is 1. The number of amides is 2. The summed E-state index contributed by atoms with van der Waals surface area (Å²) in [7, 11) is 0. The largest absolute Gasteiger partial charge is 0.484 e. The van der Waals surface area contributed by atoms with Gasteiger partial charge in [0.2, 0.25) is 5.91 Å². The Morgan fingerprint density at radius 2 is 1.88 bits per heavy atom. The van der Waals surface area contributed by atoms with Crippen molar-refractivity contribution in [2.24, 2.45) is 5.92 Å². The first kappa shape index (κ1) is 20.1. The van der Waals surface area contributed by atoms with E-state index in [2.05, 4.69) is 5.32 Å².